The van der Waals surface area contributed by atoms with Gasteiger partial charge in [0, 0.05) is 23.1 Å². The largest absolute Gasteiger partial charge is 0.444 e. The number of nitrogens with one attached hydrogen (secondary N) is 2. The van der Waals surface area contributed by atoms with Crippen LogP contribution in [0.5, 0.6) is 0 Å². The van der Waals surface area contributed by atoms with Crippen LogP contribution in [0.4, 0.5) is 4.79 Å². The lowest BCUT2D eigenvalue weighted by molar-refractivity contribution is -0.123. The number of hydrogen-bond acceptors (Lipinski definition) is 6. The Kier molecular flexibility index (Phi) is 7.46. The van der Waals surface area contributed by atoms with Gasteiger partial charge in [-0.2, -0.15) is 0 Å². The fourth-order valence-electron chi connectivity index (χ4n) is 3.20. The molecule has 0 aromatic carbocycles. The number of rotatable bonds is 4. The minimum Gasteiger partial charge on any atom is -0.444 e. The predicted octanol–water partition coefficient (Wildman–Crippen LogP) is 3.08. The summed E-state index contributed by atoms with van der Waals surface area (Å²) in [4.78, 5) is 35.3. The molecule has 1 heterocycles. The van der Waals surface area contributed by atoms with Crippen LogP contribution >= 0.6 is 23.5 Å². The first-order valence-corrected chi connectivity index (χ1v) is 10.9. The Morgan fingerprint density at radius 1 is 1.23 bits per heavy atom. The third kappa shape index (κ3) is 6.23. The van der Waals surface area contributed by atoms with Gasteiger partial charge >= 0.3 is 6.09 Å². The number of carbonyl (C=O) groups excluding carboxylic acids is 3. The zero-order valence-electron chi connectivity index (χ0n) is 15.8. The van der Waals surface area contributed by atoms with Gasteiger partial charge in [0.15, 0.2) is 0 Å². The van der Waals surface area contributed by atoms with Gasteiger partial charge in [-0.15, -0.1) is 23.5 Å². The topological polar surface area (TPSA) is 84.5 Å². The Labute approximate surface area is 163 Å². The SMILES string of the molecule is CC(=O)NC(C=O)C1CC(=C2SCCCS2)CC1NC(=O)OC(C)(C)C. The summed E-state index contributed by atoms with van der Waals surface area (Å²) in [6, 6.07) is -0.860. The summed E-state index contributed by atoms with van der Waals surface area (Å²) in [7, 11) is 0. The molecular formula is C18H28N2O4S2. The van der Waals surface area contributed by atoms with Crippen molar-refractivity contribution >= 4 is 41.8 Å². The van der Waals surface area contributed by atoms with E-state index in [0.29, 0.717) is 12.8 Å². The zero-order valence-corrected chi connectivity index (χ0v) is 17.4. The van der Waals surface area contributed by atoms with Crippen molar-refractivity contribution in [2.24, 2.45) is 5.92 Å². The van der Waals surface area contributed by atoms with E-state index in [1.54, 1.807) is 0 Å². The fourth-order valence-corrected chi connectivity index (χ4v) is 5.90. The van der Waals surface area contributed by atoms with Gasteiger partial charge in [0.2, 0.25) is 5.91 Å². The molecule has 0 radical (unpaired) electrons. The van der Waals surface area contributed by atoms with Gasteiger partial charge in [0.05, 0.1) is 6.04 Å². The number of amides is 2. The molecule has 0 aromatic rings. The Bertz CT molecular complexity index is 578. The highest BCUT2D eigenvalue weighted by Gasteiger charge is 2.39. The molecule has 2 amide bonds. The molecule has 8 heteroatoms. The molecule has 3 unspecified atom stereocenters. The second-order valence-corrected chi connectivity index (χ2v) is 10.1. The molecular weight excluding hydrogens is 372 g/mol. The molecule has 1 saturated heterocycles. The highest BCUT2D eigenvalue weighted by molar-refractivity contribution is 8.22. The van der Waals surface area contributed by atoms with Crippen LogP contribution in [0.2, 0.25) is 0 Å². The first-order valence-electron chi connectivity index (χ1n) is 8.89. The lowest BCUT2D eigenvalue weighted by Gasteiger charge is -2.27. The molecule has 6 nitrogen and oxygen atoms in total. The van der Waals surface area contributed by atoms with E-state index >= 15 is 0 Å². The Hall–Kier alpha value is -1.15. The standard InChI is InChI=1S/C18H28N2O4S2/c1-11(22)19-15(10-21)13-8-12(16-25-6-5-7-26-16)9-14(13)20-17(23)24-18(2,3)4/h10,13-15H,5-9H2,1-4H3,(H,19,22)(H,20,23). The van der Waals surface area contributed by atoms with E-state index in [-0.39, 0.29) is 17.9 Å². The van der Waals surface area contributed by atoms with Crippen LogP contribution in [0.25, 0.3) is 0 Å². The molecule has 3 atom stereocenters. The minimum atomic E-state index is -0.621. The maximum atomic E-state index is 12.2. The maximum absolute atomic E-state index is 12.2. The molecule has 2 N–H and O–H groups in total. The summed E-state index contributed by atoms with van der Waals surface area (Å²) in [5.41, 5.74) is 0.680. The summed E-state index contributed by atoms with van der Waals surface area (Å²) < 4.78 is 6.68. The Morgan fingerprint density at radius 2 is 1.88 bits per heavy atom. The van der Waals surface area contributed by atoms with Crippen molar-refractivity contribution in [3.05, 3.63) is 9.81 Å². The molecule has 0 bridgehead atoms. The average molecular weight is 401 g/mol. The third-order valence-electron chi connectivity index (χ3n) is 4.19. The van der Waals surface area contributed by atoms with Crippen LogP contribution in [0.3, 0.4) is 0 Å². The number of alkyl carbamates (subject to hydrolysis) is 1. The Morgan fingerprint density at radius 3 is 2.42 bits per heavy atom. The molecule has 2 rings (SSSR count). The van der Waals surface area contributed by atoms with Crippen LogP contribution in [-0.4, -0.2) is 47.5 Å². The van der Waals surface area contributed by atoms with Crippen molar-refractivity contribution in [3.8, 4) is 0 Å². The summed E-state index contributed by atoms with van der Waals surface area (Å²) in [5, 5.41) is 5.63. The van der Waals surface area contributed by atoms with Gasteiger partial charge in [-0.1, -0.05) is 0 Å². The van der Waals surface area contributed by atoms with Gasteiger partial charge in [0.25, 0.3) is 0 Å². The fraction of sp³-hybridized carbons (Fsp3) is 0.722. The van der Waals surface area contributed by atoms with Crippen molar-refractivity contribution < 1.29 is 19.1 Å². The second-order valence-electron chi connectivity index (χ2n) is 7.63. The normalized spacial score (nSPS) is 24.8. The van der Waals surface area contributed by atoms with Gasteiger partial charge < -0.3 is 20.2 Å². The lowest BCUT2D eigenvalue weighted by atomic mass is 9.95. The highest BCUT2D eigenvalue weighted by atomic mass is 32.2. The maximum Gasteiger partial charge on any atom is 0.407 e. The lowest BCUT2D eigenvalue weighted by Crippen LogP contribution is -2.49. The van der Waals surface area contributed by atoms with Crippen molar-refractivity contribution in [3.63, 3.8) is 0 Å². The second kappa shape index (κ2) is 9.17. The quantitative estimate of drug-likeness (QED) is 0.706. The van der Waals surface area contributed by atoms with Crippen molar-refractivity contribution in [1.82, 2.24) is 10.6 Å². The van der Waals surface area contributed by atoms with Crippen molar-refractivity contribution in [2.75, 3.05) is 11.5 Å². The molecule has 146 valence electrons. The summed E-state index contributed by atoms with van der Waals surface area (Å²) in [5.74, 6) is 1.78. The molecule has 2 aliphatic rings. The Balaban J connectivity index is 2.17. The van der Waals surface area contributed by atoms with Gasteiger partial charge in [-0.25, -0.2) is 4.79 Å². The molecule has 2 fully saturated rings. The van der Waals surface area contributed by atoms with Crippen LogP contribution in [0.15, 0.2) is 9.81 Å². The minimum absolute atomic E-state index is 0.172. The van der Waals surface area contributed by atoms with E-state index < -0.39 is 17.7 Å². The molecule has 26 heavy (non-hydrogen) atoms. The molecule has 1 aliphatic heterocycles. The van der Waals surface area contributed by atoms with E-state index in [0.717, 1.165) is 17.8 Å². The van der Waals surface area contributed by atoms with Crippen molar-refractivity contribution in [1.29, 1.82) is 0 Å². The number of hydrogen-bond donors (Lipinski definition) is 2. The van der Waals surface area contributed by atoms with Gasteiger partial charge in [-0.3, -0.25) is 4.79 Å². The molecule has 0 spiro atoms. The molecule has 0 aromatic heterocycles. The molecule has 1 saturated carbocycles. The van der Waals surface area contributed by atoms with Crippen LogP contribution < -0.4 is 10.6 Å². The van der Waals surface area contributed by atoms with Crippen LogP contribution in [0, 0.1) is 5.92 Å². The summed E-state index contributed by atoms with van der Waals surface area (Å²) >= 11 is 3.70. The van der Waals surface area contributed by atoms with E-state index in [2.05, 4.69) is 10.6 Å². The number of aldehydes is 1. The number of ether oxygens (including phenoxy) is 1. The highest BCUT2D eigenvalue weighted by Crippen LogP contribution is 2.44. The third-order valence-corrected chi connectivity index (χ3v) is 6.98. The van der Waals surface area contributed by atoms with Crippen LogP contribution in [0.1, 0.15) is 47.0 Å². The summed E-state index contributed by atoms with van der Waals surface area (Å²) in [6.07, 6.45) is 2.85. The first-order chi connectivity index (χ1) is 12.2. The van der Waals surface area contributed by atoms with Gasteiger partial charge in [0.1, 0.15) is 11.9 Å². The van der Waals surface area contributed by atoms with Crippen LogP contribution in [-0.2, 0) is 14.3 Å². The van der Waals surface area contributed by atoms with E-state index in [4.69, 9.17) is 4.74 Å². The molecule has 1 aliphatic carbocycles. The van der Waals surface area contributed by atoms with E-state index in [1.807, 2.05) is 44.3 Å². The van der Waals surface area contributed by atoms with Crippen molar-refractivity contribution in [2.45, 2.75) is 64.6 Å². The zero-order chi connectivity index (χ0) is 19.3. The average Bonchev–Trinajstić information content (AvgIpc) is 2.95. The smallest absolute Gasteiger partial charge is 0.407 e. The predicted molar refractivity (Wildman–Crippen MR) is 106 cm³/mol. The summed E-state index contributed by atoms with van der Waals surface area (Å²) in [6.45, 7) is 6.83. The van der Waals surface area contributed by atoms with E-state index in [1.165, 1.54) is 23.2 Å². The number of thioether (sulfide) groups is 2. The van der Waals surface area contributed by atoms with E-state index in [9.17, 15) is 14.4 Å². The first kappa shape index (κ1) is 21.2. The van der Waals surface area contributed by atoms with Gasteiger partial charge in [-0.05, 0) is 57.1 Å². The number of carbonyl (C=O) groups is 3. The monoisotopic (exact) mass is 400 g/mol.